The van der Waals surface area contributed by atoms with E-state index >= 15 is 0 Å². The number of amides is 1. The molecule has 3 rings (SSSR count). The molecule has 0 unspecified atom stereocenters. The summed E-state index contributed by atoms with van der Waals surface area (Å²) in [6.45, 7) is 0.475. The number of hydrogen-bond acceptors (Lipinski definition) is 5. The van der Waals surface area contributed by atoms with Crippen molar-refractivity contribution >= 4 is 39.2 Å². The number of para-hydroxylation sites is 1. The Morgan fingerprint density at radius 1 is 1.27 bits per heavy atom. The third-order valence-electron chi connectivity index (χ3n) is 3.49. The minimum atomic E-state index is -0.231. The standard InChI is InChI=1S/C20H17N3O2S/c21-12-3-4-13-25-16-7-5-6-15(14-16)22-19(24)10-11-20-23-17-8-1-2-9-18(17)26-20/h1-2,5-11,14H,3-4,13H2,(H,22,24). The van der Waals surface area contributed by atoms with Crippen molar-refractivity contribution < 1.29 is 9.53 Å². The highest BCUT2D eigenvalue weighted by atomic mass is 32.1. The molecule has 1 amide bonds. The minimum absolute atomic E-state index is 0.231. The van der Waals surface area contributed by atoms with Crippen LogP contribution in [0, 0.1) is 11.3 Å². The molecule has 0 aliphatic carbocycles. The van der Waals surface area contributed by atoms with Gasteiger partial charge in [0.15, 0.2) is 0 Å². The van der Waals surface area contributed by atoms with Gasteiger partial charge in [0, 0.05) is 24.3 Å². The Balaban J connectivity index is 1.58. The molecule has 2 aromatic carbocycles. The predicted molar refractivity (Wildman–Crippen MR) is 104 cm³/mol. The summed E-state index contributed by atoms with van der Waals surface area (Å²) in [6.07, 6.45) is 4.32. The molecule has 0 bridgehead atoms. The van der Waals surface area contributed by atoms with Crippen molar-refractivity contribution in [3.8, 4) is 11.8 Å². The summed E-state index contributed by atoms with van der Waals surface area (Å²) < 4.78 is 6.66. The number of carbonyl (C=O) groups excluding carboxylic acids is 1. The fraction of sp³-hybridized carbons (Fsp3) is 0.150. The van der Waals surface area contributed by atoms with Gasteiger partial charge < -0.3 is 10.1 Å². The van der Waals surface area contributed by atoms with Gasteiger partial charge in [-0.05, 0) is 36.8 Å². The summed E-state index contributed by atoms with van der Waals surface area (Å²) in [5.41, 5.74) is 1.58. The number of thiazole rings is 1. The van der Waals surface area contributed by atoms with E-state index in [0.29, 0.717) is 30.9 Å². The molecule has 1 heterocycles. The molecular weight excluding hydrogens is 346 g/mol. The van der Waals surface area contributed by atoms with Gasteiger partial charge in [-0.25, -0.2) is 4.98 Å². The summed E-state index contributed by atoms with van der Waals surface area (Å²) in [5, 5.41) is 12.1. The average molecular weight is 363 g/mol. The topological polar surface area (TPSA) is 75.0 Å². The number of nitrogens with one attached hydrogen (secondary N) is 1. The zero-order chi connectivity index (χ0) is 18.2. The number of aromatic nitrogens is 1. The molecule has 1 N–H and O–H groups in total. The lowest BCUT2D eigenvalue weighted by molar-refractivity contribution is -0.111. The normalized spacial score (nSPS) is 10.7. The van der Waals surface area contributed by atoms with Crippen LogP contribution in [0.3, 0.4) is 0 Å². The van der Waals surface area contributed by atoms with Crippen LogP contribution in [0.1, 0.15) is 17.8 Å². The number of fused-ring (bicyclic) bond motifs is 1. The van der Waals surface area contributed by atoms with Gasteiger partial charge in [0.25, 0.3) is 0 Å². The summed E-state index contributed by atoms with van der Waals surface area (Å²) >= 11 is 1.54. The Kier molecular flexibility index (Phi) is 5.96. The molecule has 0 saturated carbocycles. The third kappa shape index (κ3) is 4.91. The molecule has 1 aromatic heterocycles. The number of benzene rings is 2. The van der Waals surface area contributed by atoms with Crippen molar-refractivity contribution in [2.75, 3.05) is 11.9 Å². The molecule has 0 saturated heterocycles. The first-order valence-electron chi connectivity index (χ1n) is 8.19. The first kappa shape index (κ1) is 17.6. The first-order valence-corrected chi connectivity index (χ1v) is 9.01. The van der Waals surface area contributed by atoms with Crippen LogP contribution >= 0.6 is 11.3 Å². The van der Waals surface area contributed by atoms with E-state index in [4.69, 9.17) is 10.00 Å². The maximum Gasteiger partial charge on any atom is 0.248 e. The largest absolute Gasteiger partial charge is 0.493 e. The third-order valence-corrected chi connectivity index (χ3v) is 4.49. The number of hydrogen-bond donors (Lipinski definition) is 1. The number of nitrogens with zero attached hydrogens (tertiary/aromatic N) is 2. The van der Waals surface area contributed by atoms with E-state index in [-0.39, 0.29) is 5.91 Å². The summed E-state index contributed by atoms with van der Waals surface area (Å²) in [7, 11) is 0. The fourth-order valence-electron chi connectivity index (χ4n) is 2.30. The molecule has 130 valence electrons. The molecule has 0 atom stereocenters. The quantitative estimate of drug-likeness (QED) is 0.490. The fourth-order valence-corrected chi connectivity index (χ4v) is 3.17. The maximum atomic E-state index is 12.1. The maximum absolute atomic E-state index is 12.1. The Bertz CT molecular complexity index is 939. The van der Waals surface area contributed by atoms with Gasteiger partial charge in [0.1, 0.15) is 10.8 Å². The van der Waals surface area contributed by atoms with E-state index in [1.54, 1.807) is 29.5 Å². The second kappa shape index (κ2) is 8.79. The first-order chi connectivity index (χ1) is 12.7. The molecule has 6 heteroatoms. The van der Waals surface area contributed by atoms with Crippen molar-refractivity contribution in [1.82, 2.24) is 4.98 Å². The van der Waals surface area contributed by atoms with E-state index in [2.05, 4.69) is 16.4 Å². The van der Waals surface area contributed by atoms with Gasteiger partial charge in [0.2, 0.25) is 5.91 Å². The SMILES string of the molecule is N#CCCCOc1cccc(NC(=O)C=Cc2nc3ccccc3s2)c1. The zero-order valence-electron chi connectivity index (χ0n) is 14.0. The van der Waals surface area contributed by atoms with Crippen molar-refractivity contribution in [1.29, 1.82) is 5.26 Å². The smallest absolute Gasteiger partial charge is 0.248 e. The van der Waals surface area contributed by atoms with Crippen molar-refractivity contribution in [3.63, 3.8) is 0 Å². The highest BCUT2D eigenvalue weighted by Crippen LogP contribution is 2.22. The molecular formula is C20H17N3O2S. The second-order valence-corrected chi connectivity index (χ2v) is 6.54. The van der Waals surface area contributed by atoms with Gasteiger partial charge in [-0.15, -0.1) is 11.3 Å². The van der Waals surface area contributed by atoms with Crippen LogP contribution in [0.5, 0.6) is 5.75 Å². The Labute approximate surface area is 155 Å². The van der Waals surface area contributed by atoms with Crippen molar-refractivity contribution in [2.24, 2.45) is 0 Å². The summed E-state index contributed by atoms with van der Waals surface area (Å²) in [5.74, 6) is 0.432. The summed E-state index contributed by atoms with van der Waals surface area (Å²) in [4.78, 5) is 16.6. The molecule has 3 aromatic rings. The van der Waals surface area contributed by atoms with Gasteiger partial charge in [-0.3, -0.25) is 4.79 Å². The van der Waals surface area contributed by atoms with E-state index < -0.39 is 0 Å². The minimum Gasteiger partial charge on any atom is -0.493 e. The van der Waals surface area contributed by atoms with E-state index in [9.17, 15) is 4.79 Å². The van der Waals surface area contributed by atoms with Crippen molar-refractivity contribution in [2.45, 2.75) is 12.8 Å². The van der Waals surface area contributed by atoms with E-state index in [0.717, 1.165) is 15.2 Å². The van der Waals surface area contributed by atoms with Crippen LogP contribution < -0.4 is 10.1 Å². The molecule has 0 aliphatic heterocycles. The Hall–Kier alpha value is -3.17. The van der Waals surface area contributed by atoms with Gasteiger partial charge >= 0.3 is 0 Å². The van der Waals surface area contributed by atoms with Crippen molar-refractivity contribution in [3.05, 3.63) is 59.6 Å². The number of ether oxygens (including phenoxy) is 1. The zero-order valence-corrected chi connectivity index (χ0v) is 14.8. The van der Waals surface area contributed by atoms with Crippen LogP contribution in [0.4, 0.5) is 5.69 Å². The predicted octanol–water partition coefficient (Wildman–Crippen LogP) is 4.63. The lowest BCUT2D eigenvalue weighted by Gasteiger charge is -2.07. The lowest BCUT2D eigenvalue weighted by atomic mass is 10.3. The molecule has 5 nitrogen and oxygen atoms in total. The molecule has 0 radical (unpaired) electrons. The highest BCUT2D eigenvalue weighted by molar-refractivity contribution is 7.19. The molecule has 0 aliphatic rings. The number of carbonyl (C=O) groups is 1. The van der Waals surface area contributed by atoms with Crippen LogP contribution in [0.15, 0.2) is 54.6 Å². The molecule has 26 heavy (non-hydrogen) atoms. The monoisotopic (exact) mass is 363 g/mol. The second-order valence-electron chi connectivity index (χ2n) is 5.48. The Morgan fingerprint density at radius 2 is 2.15 bits per heavy atom. The van der Waals surface area contributed by atoms with Gasteiger partial charge in [-0.2, -0.15) is 5.26 Å². The number of rotatable bonds is 7. The van der Waals surface area contributed by atoms with Crippen LogP contribution in [0.25, 0.3) is 16.3 Å². The average Bonchev–Trinajstić information content (AvgIpc) is 3.07. The highest BCUT2D eigenvalue weighted by Gasteiger charge is 2.03. The summed E-state index contributed by atoms with van der Waals surface area (Å²) in [6, 6.07) is 17.1. The van der Waals surface area contributed by atoms with Gasteiger partial charge in [-0.1, -0.05) is 18.2 Å². The molecule has 0 spiro atoms. The number of anilines is 1. The molecule has 0 fully saturated rings. The lowest BCUT2D eigenvalue weighted by Crippen LogP contribution is -2.07. The number of unbranched alkanes of at least 4 members (excludes halogenated alkanes) is 1. The Morgan fingerprint density at radius 3 is 3.00 bits per heavy atom. The number of nitriles is 1. The van der Waals surface area contributed by atoms with E-state index in [1.165, 1.54) is 6.08 Å². The van der Waals surface area contributed by atoms with Gasteiger partial charge in [0.05, 0.1) is 22.9 Å². The van der Waals surface area contributed by atoms with Crippen LogP contribution in [0.2, 0.25) is 0 Å². The van der Waals surface area contributed by atoms with Crippen LogP contribution in [-0.4, -0.2) is 17.5 Å². The van der Waals surface area contributed by atoms with E-state index in [1.807, 2.05) is 36.4 Å². The van der Waals surface area contributed by atoms with Crippen LogP contribution in [-0.2, 0) is 4.79 Å².